The minimum absolute atomic E-state index is 0.0681. The lowest BCUT2D eigenvalue weighted by atomic mass is 9.94. The lowest BCUT2D eigenvalue weighted by Crippen LogP contribution is -2.56. The smallest absolute Gasteiger partial charge is 0.315 e. The number of hydrogen-bond donors (Lipinski definition) is 3. The maximum atomic E-state index is 12.8. The second-order valence-corrected chi connectivity index (χ2v) is 9.67. The molecule has 1 unspecified atom stereocenters. The quantitative estimate of drug-likeness (QED) is 0.567. The monoisotopic (exact) mass is 388 g/mol. The van der Waals surface area contributed by atoms with E-state index in [0.717, 1.165) is 0 Å². The second-order valence-electron chi connectivity index (χ2n) is 7.44. The summed E-state index contributed by atoms with van der Waals surface area (Å²) in [4.78, 5) is 37.9. The molecule has 2 aliphatic rings. The van der Waals surface area contributed by atoms with Crippen LogP contribution in [0.15, 0.2) is 0 Å². The molecule has 0 spiro atoms. The van der Waals surface area contributed by atoms with Crippen molar-refractivity contribution in [1.29, 1.82) is 0 Å². The van der Waals surface area contributed by atoms with E-state index in [9.17, 15) is 22.8 Å². The highest BCUT2D eigenvalue weighted by Gasteiger charge is 2.34. The number of piperidine rings is 1. The van der Waals surface area contributed by atoms with E-state index >= 15 is 0 Å². The van der Waals surface area contributed by atoms with Gasteiger partial charge < -0.3 is 21.3 Å². The molecule has 2 saturated heterocycles. The number of urea groups is 1. The second kappa shape index (κ2) is 8.24. The van der Waals surface area contributed by atoms with Crippen LogP contribution in [0.2, 0.25) is 0 Å². The Labute approximate surface area is 154 Å². The zero-order valence-electron chi connectivity index (χ0n) is 15.2. The first-order valence-corrected chi connectivity index (χ1v) is 10.8. The Morgan fingerprint density at radius 2 is 1.73 bits per heavy atom. The number of likely N-dealkylation sites (tertiary alicyclic amines) is 1. The number of rotatable bonds is 5. The van der Waals surface area contributed by atoms with Crippen LogP contribution >= 0.6 is 0 Å². The lowest BCUT2D eigenvalue weighted by molar-refractivity contribution is -0.137. The summed E-state index contributed by atoms with van der Waals surface area (Å²) in [5.41, 5.74) is 5.31. The minimum atomic E-state index is -3.09. The Morgan fingerprint density at radius 1 is 1.12 bits per heavy atom. The van der Waals surface area contributed by atoms with Crippen molar-refractivity contribution in [2.75, 3.05) is 24.6 Å². The van der Waals surface area contributed by atoms with Gasteiger partial charge in [-0.3, -0.25) is 9.59 Å². The average molecular weight is 388 g/mol. The third-order valence-electron chi connectivity index (χ3n) is 5.00. The van der Waals surface area contributed by atoms with Crippen molar-refractivity contribution in [1.82, 2.24) is 15.5 Å². The van der Waals surface area contributed by atoms with Crippen LogP contribution in [0.25, 0.3) is 0 Å². The molecule has 10 heteroatoms. The normalized spacial score (nSPS) is 24.3. The molecule has 2 aliphatic heterocycles. The van der Waals surface area contributed by atoms with Crippen molar-refractivity contribution >= 4 is 27.7 Å². The molecule has 0 aromatic carbocycles. The summed E-state index contributed by atoms with van der Waals surface area (Å²) in [5.74, 6) is -0.883. The topological polar surface area (TPSA) is 139 Å². The molecule has 0 aromatic heterocycles. The fraction of sp³-hybridized carbons (Fsp3) is 0.812. The van der Waals surface area contributed by atoms with Crippen LogP contribution < -0.4 is 16.4 Å². The van der Waals surface area contributed by atoms with Crippen LogP contribution in [0.5, 0.6) is 0 Å². The van der Waals surface area contributed by atoms with Crippen LogP contribution in [0.1, 0.15) is 33.1 Å². The first-order chi connectivity index (χ1) is 12.1. The number of nitrogens with one attached hydrogen (secondary N) is 2. The van der Waals surface area contributed by atoms with E-state index in [1.165, 1.54) is 0 Å². The molecule has 26 heavy (non-hydrogen) atoms. The van der Waals surface area contributed by atoms with Gasteiger partial charge in [0.15, 0.2) is 9.84 Å². The largest absolute Gasteiger partial charge is 0.369 e. The maximum absolute atomic E-state index is 12.8. The predicted octanol–water partition coefficient (Wildman–Crippen LogP) is -0.779. The third-order valence-corrected chi connectivity index (χ3v) is 6.76. The molecule has 0 saturated carbocycles. The van der Waals surface area contributed by atoms with Crippen LogP contribution in [0.4, 0.5) is 4.79 Å². The summed E-state index contributed by atoms with van der Waals surface area (Å²) in [7, 11) is -3.09. The highest BCUT2D eigenvalue weighted by Crippen LogP contribution is 2.19. The molecule has 0 bridgehead atoms. The molecule has 148 valence electrons. The van der Waals surface area contributed by atoms with Gasteiger partial charge in [0.2, 0.25) is 11.8 Å². The van der Waals surface area contributed by atoms with E-state index in [4.69, 9.17) is 5.73 Å². The van der Waals surface area contributed by atoms with Crippen molar-refractivity contribution in [3.8, 4) is 0 Å². The lowest BCUT2D eigenvalue weighted by Gasteiger charge is -2.34. The van der Waals surface area contributed by atoms with Gasteiger partial charge in [0.1, 0.15) is 6.04 Å². The molecule has 2 rings (SSSR count). The molecule has 0 aromatic rings. The molecule has 0 aliphatic carbocycles. The van der Waals surface area contributed by atoms with Gasteiger partial charge in [0.05, 0.1) is 11.5 Å². The van der Waals surface area contributed by atoms with E-state index in [1.54, 1.807) is 4.90 Å². The average Bonchev–Trinajstić information content (AvgIpc) is 2.90. The van der Waals surface area contributed by atoms with E-state index < -0.39 is 28.0 Å². The highest BCUT2D eigenvalue weighted by atomic mass is 32.2. The third kappa shape index (κ3) is 5.33. The first-order valence-electron chi connectivity index (χ1n) is 8.94. The fourth-order valence-electron chi connectivity index (χ4n) is 3.37. The van der Waals surface area contributed by atoms with Crippen LogP contribution in [-0.4, -0.2) is 67.8 Å². The van der Waals surface area contributed by atoms with E-state index in [2.05, 4.69) is 10.6 Å². The van der Waals surface area contributed by atoms with E-state index in [-0.39, 0.29) is 35.2 Å². The molecule has 4 amide bonds. The number of carbonyl (C=O) groups excluding carboxylic acids is 3. The Morgan fingerprint density at radius 3 is 2.19 bits per heavy atom. The van der Waals surface area contributed by atoms with Crippen molar-refractivity contribution < 1.29 is 22.8 Å². The summed E-state index contributed by atoms with van der Waals surface area (Å²) in [6, 6.07) is -1.67. The summed E-state index contributed by atoms with van der Waals surface area (Å²) < 4.78 is 23.0. The minimum Gasteiger partial charge on any atom is -0.369 e. The summed E-state index contributed by atoms with van der Waals surface area (Å²) in [6.07, 6.45) is 1.44. The SMILES string of the molecule is CC(C)[C@@H](NC(=O)NC1CCS(=O)(=O)C1)C(=O)N1CCC(C(N)=O)CC1. The molecule has 2 atom stereocenters. The Kier molecular flexibility index (Phi) is 6.48. The number of amides is 4. The van der Waals surface area contributed by atoms with Crippen molar-refractivity contribution in [3.63, 3.8) is 0 Å². The molecule has 4 N–H and O–H groups in total. The van der Waals surface area contributed by atoms with Crippen molar-refractivity contribution in [2.24, 2.45) is 17.6 Å². The Bertz CT molecular complexity index is 656. The molecular weight excluding hydrogens is 360 g/mol. The van der Waals surface area contributed by atoms with Crippen LogP contribution in [0, 0.1) is 11.8 Å². The summed E-state index contributed by atoms with van der Waals surface area (Å²) >= 11 is 0. The number of sulfone groups is 1. The fourth-order valence-corrected chi connectivity index (χ4v) is 5.05. The zero-order chi connectivity index (χ0) is 19.5. The van der Waals surface area contributed by atoms with Gasteiger partial charge in [-0.2, -0.15) is 0 Å². The number of hydrogen-bond acceptors (Lipinski definition) is 5. The van der Waals surface area contributed by atoms with Crippen LogP contribution in [-0.2, 0) is 19.4 Å². The Balaban J connectivity index is 1.90. The van der Waals surface area contributed by atoms with Gasteiger partial charge in [0, 0.05) is 25.0 Å². The van der Waals surface area contributed by atoms with E-state index in [1.807, 2.05) is 13.8 Å². The number of carbonyl (C=O) groups is 3. The van der Waals surface area contributed by atoms with E-state index in [0.29, 0.717) is 32.4 Å². The summed E-state index contributed by atoms with van der Waals surface area (Å²) in [5, 5.41) is 5.31. The zero-order valence-corrected chi connectivity index (χ0v) is 16.0. The first kappa shape index (κ1) is 20.5. The molecule has 0 radical (unpaired) electrons. The van der Waals surface area contributed by atoms with Crippen molar-refractivity contribution in [2.45, 2.75) is 45.2 Å². The number of primary amides is 1. The van der Waals surface area contributed by atoms with Gasteiger partial charge in [-0.1, -0.05) is 13.8 Å². The standard InChI is InChI=1S/C16H28N4O5S/c1-10(2)13(15(22)20-6-3-11(4-7-20)14(17)21)19-16(23)18-12-5-8-26(24,25)9-12/h10-13H,3-9H2,1-2H3,(H2,17,21)(H2,18,19,23)/t12?,13-/m1/s1. The van der Waals surface area contributed by atoms with Gasteiger partial charge in [-0.05, 0) is 25.2 Å². The molecule has 2 heterocycles. The maximum Gasteiger partial charge on any atom is 0.315 e. The van der Waals surface area contributed by atoms with Gasteiger partial charge in [-0.15, -0.1) is 0 Å². The summed E-state index contributed by atoms with van der Waals surface area (Å²) in [6.45, 7) is 4.53. The molecule has 2 fully saturated rings. The van der Waals surface area contributed by atoms with Gasteiger partial charge in [-0.25, -0.2) is 13.2 Å². The highest BCUT2D eigenvalue weighted by molar-refractivity contribution is 7.91. The van der Waals surface area contributed by atoms with Gasteiger partial charge >= 0.3 is 6.03 Å². The van der Waals surface area contributed by atoms with Crippen LogP contribution in [0.3, 0.4) is 0 Å². The molecule has 9 nitrogen and oxygen atoms in total. The van der Waals surface area contributed by atoms with Gasteiger partial charge in [0.25, 0.3) is 0 Å². The Hall–Kier alpha value is -1.84. The predicted molar refractivity (Wildman–Crippen MR) is 95.9 cm³/mol. The van der Waals surface area contributed by atoms with Crippen molar-refractivity contribution in [3.05, 3.63) is 0 Å². The number of nitrogens with two attached hydrogens (primary N) is 1. The number of nitrogens with zero attached hydrogens (tertiary/aromatic N) is 1. The molecular formula is C16H28N4O5S.